The molecule has 0 radical (unpaired) electrons. The number of aliphatic imine (C=N–C) groups is 1. The molecule has 1 aliphatic heterocycles. The molecule has 0 aromatic heterocycles. The molecule has 2 rings (SSSR count). The maximum Gasteiger partial charge on any atom is 0.408 e. The number of hydrogen-bond acceptors (Lipinski definition) is 6. The van der Waals surface area contributed by atoms with E-state index in [1.54, 1.807) is 20.8 Å². The number of nitrogens with one attached hydrogen (secondary N) is 2. The number of guanidine groups is 1. The van der Waals surface area contributed by atoms with Gasteiger partial charge in [-0.25, -0.2) is 4.79 Å². The molecule has 0 unspecified atom stereocenters. The number of hydrogen-bond donors (Lipinski definition) is 4. The summed E-state index contributed by atoms with van der Waals surface area (Å²) in [6.45, 7) is 5.91. The molecule has 0 bridgehead atoms. The summed E-state index contributed by atoms with van der Waals surface area (Å²) in [5.74, 6) is -0.842. The van der Waals surface area contributed by atoms with Gasteiger partial charge in [0.2, 0.25) is 11.8 Å². The normalized spacial score (nSPS) is 16.8. The van der Waals surface area contributed by atoms with Crippen LogP contribution in [-0.4, -0.2) is 71.9 Å². The van der Waals surface area contributed by atoms with Crippen LogP contribution in [0.15, 0.2) is 35.3 Å². The standard InChI is InChI=1S/C24H36N6O5/c1-24(2,3)35-23(34)29-18(14-16-8-5-4-6-9-16)21(33)30-13-11-19(30)20(32)28-17(15-31)10-7-12-27-22(25)26/h4-6,8-9,15,17-19H,7,10-14H2,1-3H3,(H,28,32)(H,29,34)(H4,25,26,27)/t17-,18+,19-/m0/s1. The van der Waals surface area contributed by atoms with E-state index in [9.17, 15) is 19.2 Å². The number of nitrogens with zero attached hydrogens (tertiary/aromatic N) is 2. The average Bonchev–Trinajstić information content (AvgIpc) is 2.73. The van der Waals surface area contributed by atoms with E-state index < -0.39 is 35.7 Å². The number of ether oxygens (including phenoxy) is 1. The minimum Gasteiger partial charge on any atom is -0.444 e. The highest BCUT2D eigenvalue weighted by atomic mass is 16.6. The highest BCUT2D eigenvalue weighted by Crippen LogP contribution is 2.21. The first-order valence-electron chi connectivity index (χ1n) is 11.6. The fourth-order valence-electron chi connectivity index (χ4n) is 3.60. The van der Waals surface area contributed by atoms with E-state index in [1.807, 2.05) is 30.3 Å². The third-order valence-corrected chi connectivity index (χ3v) is 5.34. The minimum absolute atomic E-state index is 0.0367. The van der Waals surface area contributed by atoms with Gasteiger partial charge in [-0.1, -0.05) is 30.3 Å². The Hall–Kier alpha value is -3.63. The van der Waals surface area contributed by atoms with Crippen molar-refractivity contribution in [2.75, 3.05) is 13.1 Å². The van der Waals surface area contributed by atoms with Crippen LogP contribution in [0, 0.1) is 0 Å². The van der Waals surface area contributed by atoms with Crippen molar-refractivity contribution in [1.82, 2.24) is 15.5 Å². The first-order chi connectivity index (χ1) is 16.5. The van der Waals surface area contributed by atoms with Crippen molar-refractivity contribution < 1.29 is 23.9 Å². The van der Waals surface area contributed by atoms with Crippen LogP contribution in [0.25, 0.3) is 0 Å². The number of likely N-dealkylation sites (tertiary alicyclic amines) is 1. The van der Waals surface area contributed by atoms with Crippen molar-refractivity contribution in [3.8, 4) is 0 Å². The summed E-state index contributed by atoms with van der Waals surface area (Å²) >= 11 is 0. The molecule has 1 heterocycles. The van der Waals surface area contributed by atoms with Crippen LogP contribution >= 0.6 is 0 Å². The second-order valence-corrected chi connectivity index (χ2v) is 9.42. The molecule has 35 heavy (non-hydrogen) atoms. The van der Waals surface area contributed by atoms with Gasteiger partial charge in [0.25, 0.3) is 0 Å². The van der Waals surface area contributed by atoms with E-state index >= 15 is 0 Å². The zero-order valence-electron chi connectivity index (χ0n) is 20.5. The maximum atomic E-state index is 13.3. The van der Waals surface area contributed by atoms with Gasteiger partial charge in [-0.2, -0.15) is 0 Å². The summed E-state index contributed by atoms with van der Waals surface area (Å²) in [4.78, 5) is 55.2. The van der Waals surface area contributed by atoms with E-state index in [2.05, 4.69) is 15.6 Å². The van der Waals surface area contributed by atoms with Gasteiger partial charge in [0, 0.05) is 19.5 Å². The van der Waals surface area contributed by atoms with Gasteiger partial charge in [-0.15, -0.1) is 0 Å². The van der Waals surface area contributed by atoms with Crippen molar-refractivity contribution in [1.29, 1.82) is 0 Å². The number of carbonyl (C=O) groups excluding carboxylic acids is 4. The Bertz CT molecular complexity index is 911. The Morgan fingerprint density at radius 1 is 1.20 bits per heavy atom. The lowest BCUT2D eigenvalue weighted by atomic mass is 9.97. The smallest absolute Gasteiger partial charge is 0.408 e. The van der Waals surface area contributed by atoms with E-state index in [4.69, 9.17) is 16.2 Å². The van der Waals surface area contributed by atoms with Gasteiger partial charge in [-0.3, -0.25) is 14.6 Å². The van der Waals surface area contributed by atoms with Crippen molar-refractivity contribution in [3.05, 3.63) is 35.9 Å². The molecular weight excluding hydrogens is 452 g/mol. The summed E-state index contributed by atoms with van der Waals surface area (Å²) in [6.07, 6.45) is 1.51. The van der Waals surface area contributed by atoms with Gasteiger partial charge >= 0.3 is 6.09 Å². The van der Waals surface area contributed by atoms with Crippen LogP contribution in [0.5, 0.6) is 0 Å². The number of rotatable bonds is 11. The topological polar surface area (TPSA) is 169 Å². The molecule has 6 N–H and O–H groups in total. The van der Waals surface area contributed by atoms with Gasteiger partial charge in [0.15, 0.2) is 5.96 Å². The first-order valence-corrected chi connectivity index (χ1v) is 11.6. The zero-order chi connectivity index (χ0) is 26.0. The molecular formula is C24H36N6O5. The molecule has 1 aromatic rings. The number of alkyl carbamates (subject to hydrolysis) is 1. The Kier molecular flexibility index (Phi) is 10.0. The number of amides is 3. The number of nitrogens with two attached hydrogens (primary N) is 2. The van der Waals surface area contributed by atoms with Gasteiger partial charge in [-0.05, 0) is 45.6 Å². The number of benzene rings is 1. The number of carbonyl (C=O) groups is 4. The summed E-state index contributed by atoms with van der Waals surface area (Å²) in [7, 11) is 0. The molecule has 1 aliphatic rings. The largest absolute Gasteiger partial charge is 0.444 e. The summed E-state index contributed by atoms with van der Waals surface area (Å²) in [5, 5.41) is 5.33. The third-order valence-electron chi connectivity index (χ3n) is 5.34. The lowest BCUT2D eigenvalue weighted by Crippen LogP contribution is -2.63. The van der Waals surface area contributed by atoms with Crippen molar-refractivity contribution >= 4 is 30.2 Å². The predicted molar refractivity (Wildman–Crippen MR) is 131 cm³/mol. The number of aldehydes is 1. The second kappa shape index (κ2) is 12.7. The molecule has 1 aromatic carbocycles. The molecule has 3 amide bonds. The monoisotopic (exact) mass is 488 g/mol. The molecule has 11 nitrogen and oxygen atoms in total. The molecule has 11 heteroatoms. The van der Waals surface area contributed by atoms with E-state index in [0.717, 1.165) is 5.56 Å². The molecule has 3 atom stereocenters. The van der Waals surface area contributed by atoms with Crippen molar-refractivity contribution in [2.45, 2.75) is 70.2 Å². The Balaban J connectivity index is 2.04. The molecule has 0 aliphatic carbocycles. The van der Waals surface area contributed by atoms with E-state index in [0.29, 0.717) is 38.6 Å². The van der Waals surface area contributed by atoms with Crippen molar-refractivity contribution in [3.63, 3.8) is 0 Å². The quantitative estimate of drug-likeness (QED) is 0.152. The molecule has 0 spiro atoms. The Morgan fingerprint density at radius 2 is 1.89 bits per heavy atom. The molecule has 0 saturated carbocycles. The van der Waals surface area contributed by atoms with Crippen molar-refractivity contribution in [2.24, 2.45) is 16.5 Å². The first kappa shape index (κ1) is 27.6. The highest BCUT2D eigenvalue weighted by molar-refractivity contribution is 5.93. The van der Waals surface area contributed by atoms with Crippen LogP contribution in [0.1, 0.15) is 45.6 Å². The zero-order valence-corrected chi connectivity index (χ0v) is 20.5. The lowest BCUT2D eigenvalue weighted by molar-refractivity contribution is -0.149. The fourth-order valence-corrected chi connectivity index (χ4v) is 3.60. The average molecular weight is 489 g/mol. The maximum absolute atomic E-state index is 13.3. The third kappa shape index (κ3) is 9.26. The fraction of sp³-hybridized carbons (Fsp3) is 0.542. The summed E-state index contributed by atoms with van der Waals surface area (Å²) < 4.78 is 5.33. The molecule has 1 fully saturated rings. The van der Waals surface area contributed by atoms with Crippen LogP contribution < -0.4 is 22.1 Å². The van der Waals surface area contributed by atoms with Crippen LogP contribution in [0.4, 0.5) is 4.79 Å². The molecule has 1 saturated heterocycles. The van der Waals surface area contributed by atoms with E-state index in [1.165, 1.54) is 4.90 Å². The second-order valence-electron chi connectivity index (χ2n) is 9.42. The minimum atomic E-state index is -0.913. The van der Waals surface area contributed by atoms with Crippen LogP contribution in [-0.2, 0) is 25.5 Å². The lowest BCUT2D eigenvalue weighted by Gasteiger charge is -2.42. The van der Waals surface area contributed by atoms with Gasteiger partial charge in [0.05, 0.1) is 6.04 Å². The summed E-state index contributed by atoms with van der Waals surface area (Å²) in [5.41, 5.74) is 10.7. The Labute approximate surface area is 205 Å². The highest BCUT2D eigenvalue weighted by Gasteiger charge is 2.41. The summed E-state index contributed by atoms with van der Waals surface area (Å²) in [6, 6.07) is 6.91. The van der Waals surface area contributed by atoms with Crippen LogP contribution in [0.2, 0.25) is 0 Å². The molecule has 192 valence electrons. The predicted octanol–water partition coefficient (Wildman–Crippen LogP) is 0.461. The van der Waals surface area contributed by atoms with Crippen LogP contribution in [0.3, 0.4) is 0 Å². The Morgan fingerprint density at radius 3 is 2.43 bits per heavy atom. The SMILES string of the molecule is CC(C)(C)OC(=O)N[C@H](Cc1ccccc1)C(=O)N1CC[C@H]1C(=O)N[C@H](C=O)CCCN=C(N)N. The van der Waals surface area contributed by atoms with Gasteiger partial charge < -0.3 is 36.5 Å². The van der Waals surface area contributed by atoms with E-state index in [-0.39, 0.29) is 18.3 Å². The van der Waals surface area contributed by atoms with Gasteiger partial charge in [0.1, 0.15) is 24.0 Å².